The molecule has 1 aliphatic heterocycles. The lowest BCUT2D eigenvalue weighted by Crippen LogP contribution is -2.35. The van der Waals surface area contributed by atoms with E-state index in [0.717, 1.165) is 42.1 Å². The average molecular weight is 307 g/mol. The number of thiophene rings is 1. The smallest absolute Gasteiger partial charge is 0.152 e. The highest BCUT2D eigenvalue weighted by molar-refractivity contribution is 7.16. The third-order valence-electron chi connectivity index (χ3n) is 4.01. The largest absolute Gasteiger partial charge is 0.396 e. The van der Waals surface area contributed by atoms with E-state index in [9.17, 15) is 0 Å². The van der Waals surface area contributed by atoms with Gasteiger partial charge in [0.1, 0.15) is 10.7 Å². The quantitative estimate of drug-likeness (QED) is 0.574. The predicted octanol–water partition coefficient (Wildman–Crippen LogP) is 1.57. The molecule has 114 valence electrons. The topological polar surface area (TPSA) is 87.3 Å². The van der Waals surface area contributed by atoms with Gasteiger partial charge < -0.3 is 10.5 Å². The number of nitrogen functional groups attached to an aromatic ring is 1. The van der Waals surface area contributed by atoms with Crippen molar-refractivity contribution in [3.05, 3.63) is 17.3 Å². The van der Waals surface area contributed by atoms with Crippen LogP contribution in [0.2, 0.25) is 0 Å². The van der Waals surface area contributed by atoms with Crippen molar-refractivity contribution >= 4 is 27.4 Å². The zero-order chi connectivity index (χ0) is 14.7. The van der Waals surface area contributed by atoms with E-state index in [-0.39, 0.29) is 6.61 Å². The Morgan fingerprint density at radius 2 is 2.38 bits per heavy atom. The number of aliphatic hydroxyl groups excluding tert-OH is 1. The molecular weight excluding hydrogens is 286 g/mol. The predicted molar refractivity (Wildman–Crippen MR) is 84.9 cm³/mol. The molecule has 1 saturated heterocycles. The molecule has 0 saturated carbocycles. The molecule has 1 atom stereocenters. The Bertz CT molecular complexity index is 600. The molecule has 0 spiro atoms. The van der Waals surface area contributed by atoms with Gasteiger partial charge in [0, 0.05) is 13.2 Å². The van der Waals surface area contributed by atoms with Crippen molar-refractivity contribution < 1.29 is 5.11 Å². The summed E-state index contributed by atoms with van der Waals surface area (Å²) in [7, 11) is 0. The standard InChI is InChI=1S/C14H21N5OS/c15-18-13-11-4-7-21-14(11)17-12(16-13)9-19-5-1-2-10(8-19)3-6-20/h4,7,10,20H,1-3,5-6,8-9,15H2,(H,16,17,18). The van der Waals surface area contributed by atoms with Gasteiger partial charge in [-0.25, -0.2) is 15.8 Å². The average Bonchev–Trinajstić information content (AvgIpc) is 2.95. The first kappa shape index (κ1) is 14.6. The fourth-order valence-corrected chi connectivity index (χ4v) is 3.78. The number of nitrogens with two attached hydrogens (primary N) is 1. The summed E-state index contributed by atoms with van der Waals surface area (Å²) in [5.41, 5.74) is 2.67. The Balaban J connectivity index is 1.75. The minimum Gasteiger partial charge on any atom is -0.396 e. The Morgan fingerprint density at radius 1 is 1.48 bits per heavy atom. The van der Waals surface area contributed by atoms with Gasteiger partial charge in [-0.3, -0.25) is 4.90 Å². The highest BCUT2D eigenvalue weighted by Gasteiger charge is 2.20. The number of hydrogen-bond donors (Lipinski definition) is 3. The van der Waals surface area contributed by atoms with Crippen LogP contribution in [0.3, 0.4) is 0 Å². The first-order valence-electron chi connectivity index (χ1n) is 7.34. The molecule has 21 heavy (non-hydrogen) atoms. The van der Waals surface area contributed by atoms with Crippen LogP contribution in [0.25, 0.3) is 10.2 Å². The zero-order valence-corrected chi connectivity index (χ0v) is 12.8. The van der Waals surface area contributed by atoms with Crippen LogP contribution in [-0.2, 0) is 6.54 Å². The molecule has 1 aliphatic rings. The van der Waals surface area contributed by atoms with Crippen LogP contribution in [0.1, 0.15) is 25.1 Å². The Kier molecular flexibility index (Phi) is 4.64. The number of fused-ring (bicyclic) bond motifs is 1. The summed E-state index contributed by atoms with van der Waals surface area (Å²) in [6.07, 6.45) is 3.27. The molecule has 0 bridgehead atoms. The fourth-order valence-electron chi connectivity index (χ4n) is 2.99. The van der Waals surface area contributed by atoms with E-state index in [1.807, 2.05) is 11.4 Å². The normalized spacial score (nSPS) is 20.0. The van der Waals surface area contributed by atoms with Gasteiger partial charge in [-0.2, -0.15) is 0 Å². The summed E-state index contributed by atoms with van der Waals surface area (Å²) in [4.78, 5) is 12.5. The summed E-state index contributed by atoms with van der Waals surface area (Å²) in [5, 5.41) is 12.1. The fraction of sp³-hybridized carbons (Fsp3) is 0.571. The maximum absolute atomic E-state index is 9.09. The highest BCUT2D eigenvalue weighted by Crippen LogP contribution is 2.26. The van der Waals surface area contributed by atoms with Crippen LogP contribution in [0, 0.1) is 5.92 Å². The molecule has 3 rings (SSSR count). The van der Waals surface area contributed by atoms with Crippen molar-refractivity contribution in [1.82, 2.24) is 14.9 Å². The number of aliphatic hydroxyl groups is 1. The number of anilines is 1. The zero-order valence-electron chi connectivity index (χ0n) is 12.0. The second-order valence-corrected chi connectivity index (χ2v) is 6.42. The number of rotatable bonds is 5. The van der Waals surface area contributed by atoms with E-state index in [0.29, 0.717) is 11.7 Å². The maximum atomic E-state index is 9.09. The minimum atomic E-state index is 0.275. The lowest BCUT2D eigenvalue weighted by Gasteiger charge is -2.31. The second-order valence-electron chi connectivity index (χ2n) is 5.53. The van der Waals surface area contributed by atoms with Gasteiger partial charge in [-0.05, 0) is 43.2 Å². The maximum Gasteiger partial charge on any atom is 0.152 e. The molecule has 6 nitrogen and oxygen atoms in total. The Morgan fingerprint density at radius 3 is 3.19 bits per heavy atom. The van der Waals surface area contributed by atoms with E-state index in [4.69, 9.17) is 10.9 Å². The van der Waals surface area contributed by atoms with Crippen LogP contribution in [0.15, 0.2) is 11.4 Å². The van der Waals surface area contributed by atoms with Crippen LogP contribution >= 0.6 is 11.3 Å². The van der Waals surface area contributed by atoms with Crippen LogP contribution in [0.4, 0.5) is 5.82 Å². The number of nitrogens with one attached hydrogen (secondary N) is 1. The van der Waals surface area contributed by atoms with E-state index in [2.05, 4.69) is 20.3 Å². The van der Waals surface area contributed by atoms with Gasteiger partial charge in [0.15, 0.2) is 5.82 Å². The van der Waals surface area contributed by atoms with Crippen molar-refractivity contribution in [2.24, 2.45) is 11.8 Å². The first-order chi connectivity index (χ1) is 10.3. The molecule has 3 heterocycles. The van der Waals surface area contributed by atoms with Crippen LogP contribution in [-0.4, -0.2) is 39.7 Å². The molecule has 1 fully saturated rings. The number of hydrogen-bond acceptors (Lipinski definition) is 7. The van der Waals surface area contributed by atoms with E-state index < -0.39 is 0 Å². The van der Waals surface area contributed by atoms with Crippen molar-refractivity contribution in [2.45, 2.75) is 25.8 Å². The number of likely N-dealkylation sites (tertiary alicyclic amines) is 1. The lowest BCUT2D eigenvalue weighted by atomic mass is 9.95. The molecule has 0 radical (unpaired) electrons. The van der Waals surface area contributed by atoms with E-state index in [1.165, 1.54) is 12.8 Å². The summed E-state index contributed by atoms with van der Waals surface area (Å²) < 4.78 is 0. The van der Waals surface area contributed by atoms with Gasteiger partial charge in [0.05, 0.1) is 11.9 Å². The van der Waals surface area contributed by atoms with E-state index >= 15 is 0 Å². The number of hydrazine groups is 1. The van der Waals surface area contributed by atoms with Gasteiger partial charge in [-0.1, -0.05) is 0 Å². The molecule has 0 amide bonds. The summed E-state index contributed by atoms with van der Waals surface area (Å²) >= 11 is 1.60. The molecule has 2 aromatic rings. The van der Waals surface area contributed by atoms with Gasteiger partial charge in [0.2, 0.25) is 0 Å². The Hall–Kier alpha value is -1.28. The first-order valence-corrected chi connectivity index (χ1v) is 8.22. The summed E-state index contributed by atoms with van der Waals surface area (Å²) in [5.74, 6) is 7.65. The minimum absolute atomic E-state index is 0.275. The Labute approximate surface area is 128 Å². The lowest BCUT2D eigenvalue weighted by molar-refractivity contribution is 0.140. The van der Waals surface area contributed by atoms with Crippen molar-refractivity contribution in [1.29, 1.82) is 0 Å². The van der Waals surface area contributed by atoms with E-state index in [1.54, 1.807) is 11.3 Å². The van der Waals surface area contributed by atoms with Crippen molar-refractivity contribution in [2.75, 3.05) is 25.1 Å². The van der Waals surface area contributed by atoms with Crippen molar-refractivity contribution in [3.8, 4) is 0 Å². The molecule has 2 aromatic heterocycles. The summed E-state index contributed by atoms with van der Waals surface area (Å²) in [6, 6.07) is 1.98. The van der Waals surface area contributed by atoms with Crippen LogP contribution < -0.4 is 11.3 Å². The van der Waals surface area contributed by atoms with Gasteiger partial charge in [0.25, 0.3) is 0 Å². The summed E-state index contributed by atoms with van der Waals surface area (Å²) in [6.45, 7) is 3.10. The second kappa shape index (κ2) is 6.65. The third kappa shape index (κ3) is 3.32. The number of piperidine rings is 1. The SMILES string of the molecule is NNc1nc(CN2CCCC(CCO)C2)nc2sccc12. The molecule has 0 aromatic carbocycles. The molecule has 1 unspecified atom stereocenters. The van der Waals surface area contributed by atoms with Gasteiger partial charge in [-0.15, -0.1) is 11.3 Å². The third-order valence-corrected chi connectivity index (χ3v) is 4.82. The molecular formula is C14H21N5OS. The molecule has 7 heteroatoms. The molecule has 4 N–H and O–H groups in total. The van der Waals surface area contributed by atoms with Crippen LogP contribution in [0.5, 0.6) is 0 Å². The number of aromatic nitrogens is 2. The highest BCUT2D eigenvalue weighted by atomic mass is 32.1. The monoisotopic (exact) mass is 307 g/mol. The van der Waals surface area contributed by atoms with Crippen molar-refractivity contribution in [3.63, 3.8) is 0 Å². The molecule has 0 aliphatic carbocycles. The number of nitrogens with zero attached hydrogens (tertiary/aromatic N) is 3. The van der Waals surface area contributed by atoms with Gasteiger partial charge >= 0.3 is 0 Å².